The number of hydrogen-bond donors (Lipinski definition) is 2. The fourth-order valence-electron chi connectivity index (χ4n) is 4.38. The lowest BCUT2D eigenvalue weighted by Crippen LogP contribution is -2.41. The number of nitrogens with zero attached hydrogens (tertiary/aromatic N) is 3. The molecule has 0 spiro atoms. The maximum Gasteiger partial charge on any atom is 0.261 e. The van der Waals surface area contributed by atoms with Crippen molar-refractivity contribution in [1.29, 1.82) is 0 Å². The van der Waals surface area contributed by atoms with Crippen LogP contribution >= 0.6 is 23.2 Å². The highest BCUT2D eigenvalue weighted by atomic mass is 35.5. The predicted molar refractivity (Wildman–Crippen MR) is 133 cm³/mol. The fraction of sp³-hybridized carbons (Fsp3) is 0.250. The van der Waals surface area contributed by atoms with E-state index in [0.717, 1.165) is 29.1 Å². The van der Waals surface area contributed by atoms with E-state index >= 15 is 8.78 Å². The molecule has 0 unspecified atom stereocenters. The summed E-state index contributed by atoms with van der Waals surface area (Å²) in [6, 6.07) is 4.96. The van der Waals surface area contributed by atoms with E-state index in [0.29, 0.717) is 0 Å². The summed E-state index contributed by atoms with van der Waals surface area (Å²) in [6.07, 6.45) is 2.44. The summed E-state index contributed by atoms with van der Waals surface area (Å²) in [4.78, 5) is 42.5. The average molecular weight is 536 g/mol. The van der Waals surface area contributed by atoms with Crippen molar-refractivity contribution in [2.24, 2.45) is 0 Å². The number of carbonyl (C=O) groups excluding carboxylic acids is 2. The van der Waals surface area contributed by atoms with E-state index in [1.54, 1.807) is 0 Å². The lowest BCUT2D eigenvalue weighted by Gasteiger charge is -2.33. The molecule has 2 aromatic carbocycles. The molecule has 0 bridgehead atoms. The van der Waals surface area contributed by atoms with Crippen molar-refractivity contribution in [3.05, 3.63) is 80.8 Å². The summed E-state index contributed by atoms with van der Waals surface area (Å²) in [7, 11) is 1.42. The van der Waals surface area contributed by atoms with Crippen molar-refractivity contribution in [3.8, 4) is 0 Å². The first-order valence-electron chi connectivity index (χ1n) is 10.8. The molecule has 8 nitrogen and oxygen atoms in total. The summed E-state index contributed by atoms with van der Waals surface area (Å²) in [5.41, 5.74) is -1.98. The molecule has 1 aliphatic rings. The first-order valence-corrected chi connectivity index (χ1v) is 11.6. The van der Waals surface area contributed by atoms with Crippen LogP contribution in [-0.4, -0.2) is 46.4 Å². The van der Waals surface area contributed by atoms with Gasteiger partial charge in [-0.1, -0.05) is 29.8 Å². The Hall–Kier alpha value is -3.50. The SMILES string of the molecule is C=CC(=O)N1CC[C@@](Nc2cc(F)c3ncn(CC(=O)NC)c(=O)c3c2)(c2c(F)ccc(Cl)c2Cl)C1. The summed E-state index contributed by atoms with van der Waals surface area (Å²) >= 11 is 12.6. The Kier molecular flexibility index (Phi) is 7.01. The summed E-state index contributed by atoms with van der Waals surface area (Å²) in [6.45, 7) is 3.40. The third-order valence-corrected chi connectivity index (χ3v) is 6.94. The van der Waals surface area contributed by atoms with Gasteiger partial charge in [-0.15, -0.1) is 0 Å². The van der Waals surface area contributed by atoms with Crippen LogP contribution in [0.4, 0.5) is 14.5 Å². The van der Waals surface area contributed by atoms with Crippen molar-refractivity contribution >= 4 is 51.6 Å². The van der Waals surface area contributed by atoms with Gasteiger partial charge in [0.2, 0.25) is 11.8 Å². The lowest BCUT2D eigenvalue weighted by molar-refractivity contribution is -0.125. The Morgan fingerprint density at radius 2 is 2.00 bits per heavy atom. The standard InChI is InChI=1S/C24H21Cl2F2N5O3/c1-3-19(35)32-7-6-24(11-32,20-16(27)5-4-15(25)21(20)26)31-13-8-14-22(17(28)9-13)30-12-33(23(14)36)10-18(34)29-2/h3-5,8-9,12,31H,1,6-7,10-11H2,2H3,(H,29,34)/t24-/m0/s1. The largest absolute Gasteiger partial charge is 0.373 e. The van der Waals surface area contributed by atoms with E-state index in [1.807, 2.05) is 0 Å². The Balaban J connectivity index is 1.85. The van der Waals surface area contributed by atoms with Crippen molar-refractivity contribution in [3.63, 3.8) is 0 Å². The minimum Gasteiger partial charge on any atom is -0.373 e. The number of amides is 2. The Morgan fingerprint density at radius 3 is 2.69 bits per heavy atom. The quantitative estimate of drug-likeness (QED) is 0.372. The van der Waals surface area contributed by atoms with Gasteiger partial charge in [0.25, 0.3) is 5.56 Å². The highest BCUT2D eigenvalue weighted by Gasteiger charge is 2.44. The van der Waals surface area contributed by atoms with Crippen LogP contribution in [0.15, 0.2) is 48.0 Å². The van der Waals surface area contributed by atoms with E-state index in [2.05, 4.69) is 22.2 Å². The van der Waals surface area contributed by atoms with Crippen LogP contribution in [0.25, 0.3) is 10.9 Å². The third-order valence-electron chi connectivity index (χ3n) is 6.14. The first kappa shape index (κ1) is 25.6. The molecule has 1 atom stereocenters. The van der Waals surface area contributed by atoms with Gasteiger partial charge in [-0.25, -0.2) is 13.8 Å². The number of fused-ring (bicyclic) bond motifs is 1. The van der Waals surface area contributed by atoms with Crippen molar-refractivity contribution in [1.82, 2.24) is 19.8 Å². The number of aromatic nitrogens is 2. The maximum atomic E-state index is 15.2. The topological polar surface area (TPSA) is 96.3 Å². The molecule has 4 rings (SSSR count). The minimum absolute atomic E-state index is 0.0137. The highest BCUT2D eigenvalue weighted by molar-refractivity contribution is 6.42. The number of halogens is 4. The van der Waals surface area contributed by atoms with E-state index in [4.69, 9.17) is 23.2 Å². The number of likely N-dealkylation sites (N-methyl/N-ethyl adjacent to an activating group) is 1. The van der Waals surface area contributed by atoms with Crippen LogP contribution in [0, 0.1) is 11.6 Å². The maximum absolute atomic E-state index is 15.2. The molecule has 1 aliphatic heterocycles. The van der Waals surface area contributed by atoms with Crippen molar-refractivity contribution in [2.75, 3.05) is 25.5 Å². The zero-order valence-electron chi connectivity index (χ0n) is 19.1. The van der Waals surface area contributed by atoms with Gasteiger partial charge in [0.1, 0.15) is 17.9 Å². The molecule has 36 heavy (non-hydrogen) atoms. The number of rotatable bonds is 6. The molecule has 1 aromatic heterocycles. The van der Waals surface area contributed by atoms with E-state index in [1.165, 1.54) is 24.1 Å². The van der Waals surface area contributed by atoms with Gasteiger partial charge in [0, 0.05) is 31.4 Å². The second kappa shape index (κ2) is 9.87. The number of benzene rings is 2. The predicted octanol–water partition coefficient (Wildman–Crippen LogP) is 3.45. The van der Waals surface area contributed by atoms with Crippen LogP contribution in [0.2, 0.25) is 10.0 Å². The monoisotopic (exact) mass is 535 g/mol. The Morgan fingerprint density at radius 1 is 1.25 bits per heavy atom. The summed E-state index contributed by atoms with van der Waals surface area (Å²) < 4.78 is 31.3. The molecule has 12 heteroatoms. The summed E-state index contributed by atoms with van der Waals surface area (Å²) in [5, 5.41) is 5.49. The molecule has 2 amide bonds. The van der Waals surface area contributed by atoms with Gasteiger partial charge in [0.05, 0.1) is 27.3 Å². The van der Waals surface area contributed by atoms with Gasteiger partial charge in [0.15, 0.2) is 5.82 Å². The smallest absolute Gasteiger partial charge is 0.261 e. The molecule has 2 heterocycles. The third kappa shape index (κ3) is 4.54. The fourth-order valence-corrected chi connectivity index (χ4v) is 4.88. The van der Waals surface area contributed by atoms with Crippen molar-refractivity contribution < 1.29 is 18.4 Å². The second-order valence-corrected chi connectivity index (χ2v) is 9.13. The van der Waals surface area contributed by atoms with Crippen LogP contribution < -0.4 is 16.2 Å². The van der Waals surface area contributed by atoms with Crippen LogP contribution in [0.5, 0.6) is 0 Å². The molecule has 0 aliphatic carbocycles. The van der Waals surface area contributed by atoms with E-state index in [-0.39, 0.29) is 64.2 Å². The number of hydrogen-bond acceptors (Lipinski definition) is 5. The minimum atomic E-state index is -1.30. The summed E-state index contributed by atoms with van der Waals surface area (Å²) in [5.74, 6) is -2.27. The molecular formula is C24H21Cl2F2N5O3. The second-order valence-electron chi connectivity index (χ2n) is 8.34. The van der Waals surface area contributed by atoms with E-state index < -0.39 is 28.6 Å². The zero-order valence-corrected chi connectivity index (χ0v) is 20.6. The molecule has 1 saturated heterocycles. The van der Waals surface area contributed by atoms with Gasteiger partial charge in [-0.05, 0) is 36.8 Å². The molecular weight excluding hydrogens is 515 g/mol. The number of likely N-dealkylation sites (tertiary alicyclic amines) is 1. The molecule has 0 radical (unpaired) electrons. The lowest BCUT2D eigenvalue weighted by atomic mass is 9.87. The van der Waals surface area contributed by atoms with Crippen LogP contribution in [0.3, 0.4) is 0 Å². The van der Waals surface area contributed by atoms with E-state index in [9.17, 15) is 14.4 Å². The van der Waals surface area contributed by atoms with Gasteiger partial charge in [-0.2, -0.15) is 0 Å². The first-order chi connectivity index (χ1) is 17.1. The van der Waals surface area contributed by atoms with Crippen LogP contribution in [-0.2, 0) is 21.7 Å². The number of carbonyl (C=O) groups is 2. The van der Waals surface area contributed by atoms with Crippen molar-refractivity contribution in [2.45, 2.75) is 18.5 Å². The van der Waals surface area contributed by atoms with Gasteiger partial charge in [-0.3, -0.25) is 19.0 Å². The number of anilines is 1. The normalized spacial score (nSPS) is 17.3. The number of nitrogens with one attached hydrogen (secondary N) is 2. The molecule has 2 N–H and O–H groups in total. The average Bonchev–Trinajstić information content (AvgIpc) is 3.27. The highest BCUT2D eigenvalue weighted by Crippen LogP contribution is 2.43. The zero-order chi connectivity index (χ0) is 26.2. The van der Waals surface area contributed by atoms with Crippen LogP contribution in [0.1, 0.15) is 12.0 Å². The molecule has 1 fully saturated rings. The molecule has 188 valence electrons. The van der Waals surface area contributed by atoms with Gasteiger partial charge < -0.3 is 15.5 Å². The Bertz CT molecular complexity index is 1460. The Labute approximate surface area is 214 Å². The molecule has 0 saturated carbocycles. The molecule has 3 aromatic rings. The van der Waals surface area contributed by atoms with Gasteiger partial charge >= 0.3 is 0 Å².